The van der Waals surface area contributed by atoms with Crippen LogP contribution in [0.3, 0.4) is 0 Å². The second kappa shape index (κ2) is 15.1. The highest BCUT2D eigenvalue weighted by Crippen LogP contribution is 2.38. The summed E-state index contributed by atoms with van der Waals surface area (Å²) in [7, 11) is -4.60. The molecular weight excluding hydrogens is 731 g/mol. The molecule has 7 nitrogen and oxygen atoms in total. The predicted molar refractivity (Wildman–Crippen MR) is 184 cm³/mol. The molecule has 4 aromatic carbocycles. The van der Waals surface area contributed by atoms with Crippen molar-refractivity contribution in [3.05, 3.63) is 129 Å². The average molecular weight is 765 g/mol. The normalized spacial score (nSPS) is 12.7. The average Bonchev–Trinajstić information content (AvgIpc) is 3.02. The van der Waals surface area contributed by atoms with E-state index in [2.05, 4.69) is 21.2 Å². The number of carbonyl (C=O) groups is 2. The van der Waals surface area contributed by atoms with Crippen molar-refractivity contribution >= 4 is 55.1 Å². The molecule has 254 valence electrons. The van der Waals surface area contributed by atoms with E-state index in [4.69, 9.17) is 11.6 Å². The zero-order valence-corrected chi connectivity index (χ0v) is 29.5. The van der Waals surface area contributed by atoms with Crippen LogP contribution < -0.4 is 9.62 Å². The lowest BCUT2D eigenvalue weighted by atomic mass is 10.0. The molecule has 0 heterocycles. The van der Waals surface area contributed by atoms with Crippen LogP contribution in [0.5, 0.6) is 0 Å². The van der Waals surface area contributed by atoms with Gasteiger partial charge in [-0.3, -0.25) is 13.9 Å². The van der Waals surface area contributed by atoms with Gasteiger partial charge in [-0.05, 0) is 74.4 Å². The number of rotatable bonds is 11. The Bertz CT molecular complexity index is 1840. The minimum atomic E-state index is -4.90. The monoisotopic (exact) mass is 763 g/mol. The molecule has 0 radical (unpaired) electrons. The van der Waals surface area contributed by atoms with Crippen molar-refractivity contribution in [3.63, 3.8) is 0 Å². The fraction of sp³-hybridized carbons (Fsp3) is 0.257. The van der Waals surface area contributed by atoms with E-state index >= 15 is 0 Å². The molecule has 2 amide bonds. The summed E-state index contributed by atoms with van der Waals surface area (Å²) in [6.45, 7) is 4.35. The fourth-order valence-electron chi connectivity index (χ4n) is 4.93. The first-order valence-electron chi connectivity index (χ1n) is 14.8. The summed E-state index contributed by atoms with van der Waals surface area (Å²) in [5, 5.41) is 2.30. The maximum atomic E-state index is 14.5. The molecule has 0 aliphatic rings. The van der Waals surface area contributed by atoms with Gasteiger partial charge in [0.05, 0.1) is 21.2 Å². The summed E-state index contributed by atoms with van der Waals surface area (Å²) in [5.74, 6) is -1.30. The van der Waals surface area contributed by atoms with Crippen LogP contribution in [-0.4, -0.2) is 43.3 Å². The van der Waals surface area contributed by atoms with Crippen LogP contribution in [0.4, 0.5) is 18.9 Å². The van der Waals surface area contributed by atoms with Crippen LogP contribution in [0.2, 0.25) is 5.02 Å². The minimum absolute atomic E-state index is 0.0790. The smallest absolute Gasteiger partial charge is 0.350 e. The van der Waals surface area contributed by atoms with Crippen LogP contribution in [-0.2, 0) is 38.8 Å². The van der Waals surface area contributed by atoms with E-state index in [0.29, 0.717) is 15.9 Å². The quantitative estimate of drug-likeness (QED) is 0.169. The highest BCUT2D eigenvalue weighted by molar-refractivity contribution is 9.10. The Labute approximate surface area is 291 Å². The summed E-state index contributed by atoms with van der Waals surface area (Å²) >= 11 is 9.26. The maximum Gasteiger partial charge on any atom is 0.417 e. The van der Waals surface area contributed by atoms with Gasteiger partial charge >= 0.3 is 6.18 Å². The predicted octanol–water partition coefficient (Wildman–Crippen LogP) is 7.87. The summed E-state index contributed by atoms with van der Waals surface area (Å²) in [5.41, 5.74) is -0.997. The molecule has 0 unspecified atom stereocenters. The third-order valence-corrected chi connectivity index (χ3v) is 9.84. The number of nitrogens with one attached hydrogen (secondary N) is 1. The number of sulfonamides is 1. The molecule has 0 aromatic heterocycles. The zero-order valence-electron chi connectivity index (χ0n) is 26.3. The van der Waals surface area contributed by atoms with Gasteiger partial charge in [-0.15, -0.1) is 0 Å². The van der Waals surface area contributed by atoms with Gasteiger partial charge in [0.1, 0.15) is 12.6 Å². The maximum absolute atomic E-state index is 14.5. The second-order valence-corrected chi connectivity index (χ2v) is 15.3. The van der Waals surface area contributed by atoms with Crippen LogP contribution in [0.25, 0.3) is 0 Å². The van der Waals surface area contributed by atoms with Crippen molar-refractivity contribution in [2.45, 2.75) is 56.4 Å². The molecule has 0 saturated carbocycles. The van der Waals surface area contributed by atoms with E-state index in [-0.39, 0.29) is 17.9 Å². The van der Waals surface area contributed by atoms with E-state index in [1.165, 1.54) is 29.2 Å². The topological polar surface area (TPSA) is 86.8 Å². The summed E-state index contributed by atoms with van der Waals surface area (Å²) in [6, 6.07) is 24.6. The summed E-state index contributed by atoms with van der Waals surface area (Å²) in [4.78, 5) is 29.5. The van der Waals surface area contributed by atoms with Gasteiger partial charge in [0, 0.05) is 23.0 Å². The van der Waals surface area contributed by atoms with Crippen LogP contribution in [0.15, 0.2) is 112 Å². The number of halogens is 5. The summed E-state index contributed by atoms with van der Waals surface area (Å²) < 4.78 is 71.3. The van der Waals surface area contributed by atoms with Crippen LogP contribution in [0.1, 0.15) is 37.5 Å². The van der Waals surface area contributed by atoms with Crippen molar-refractivity contribution in [3.8, 4) is 0 Å². The molecule has 13 heteroatoms. The molecule has 0 aliphatic heterocycles. The molecule has 1 atom stereocenters. The van der Waals surface area contributed by atoms with Crippen molar-refractivity contribution < 1.29 is 31.2 Å². The van der Waals surface area contributed by atoms with E-state index in [1.54, 1.807) is 75.4 Å². The van der Waals surface area contributed by atoms with E-state index in [9.17, 15) is 31.2 Å². The van der Waals surface area contributed by atoms with Gasteiger partial charge in [-0.25, -0.2) is 8.42 Å². The number of hydrogen-bond donors (Lipinski definition) is 1. The largest absolute Gasteiger partial charge is 0.417 e. The third-order valence-electron chi connectivity index (χ3n) is 7.19. The van der Waals surface area contributed by atoms with Crippen molar-refractivity contribution in [1.82, 2.24) is 10.2 Å². The molecule has 0 bridgehead atoms. The molecule has 0 aliphatic carbocycles. The van der Waals surface area contributed by atoms with Crippen molar-refractivity contribution in [1.29, 1.82) is 0 Å². The molecule has 0 spiro atoms. The Hall–Kier alpha value is -3.87. The van der Waals surface area contributed by atoms with Gasteiger partial charge in [0.2, 0.25) is 11.8 Å². The third kappa shape index (κ3) is 9.61. The number of amides is 2. The zero-order chi connectivity index (χ0) is 35.3. The number of benzene rings is 4. The van der Waals surface area contributed by atoms with Gasteiger partial charge in [-0.2, -0.15) is 13.2 Å². The standard InChI is InChI=1S/C35H34BrClF3N3O4S/c1-34(2,3)41-33(45)31(20-24-10-6-4-7-11-24)42(22-25-14-16-26(36)17-15-25)32(44)23-43(48(46,47)28-12-8-5-9-13-28)27-18-19-30(37)29(21-27)35(38,39)40/h4-19,21,31H,20,22-23H2,1-3H3,(H,41,45)/t31-/m1/s1. The van der Waals surface area contributed by atoms with Crippen molar-refractivity contribution in [2.24, 2.45) is 0 Å². The lowest BCUT2D eigenvalue weighted by molar-refractivity contribution is -0.140. The first-order chi connectivity index (χ1) is 22.5. The number of hydrogen-bond acceptors (Lipinski definition) is 4. The number of carbonyl (C=O) groups excluding carboxylic acids is 2. The van der Waals surface area contributed by atoms with Gasteiger partial charge < -0.3 is 10.2 Å². The Morgan fingerprint density at radius 1 is 0.854 bits per heavy atom. The van der Waals surface area contributed by atoms with Crippen LogP contribution >= 0.6 is 27.5 Å². The highest BCUT2D eigenvalue weighted by atomic mass is 79.9. The SMILES string of the molecule is CC(C)(C)NC(=O)[C@@H](Cc1ccccc1)N(Cc1ccc(Br)cc1)C(=O)CN(c1ccc(Cl)c(C(F)(F)F)c1)S(=O)(=O)c1ccccc1. The van der Waals surface area contributed by atoms with Gasteiger partial charge in [-0.1, -0.05) is 88.2 Å². The highest BCUT2D eigenvalue weighted by Gasteiger charge is 2.38. The van der Waals surface area contributed by atoms with Crippen molar-refractivity contribution in [2.75, 3.05) is 10.8 Å². The molecule has 4 rings (SSSR count). The number of nitrogens with zero attached hydrogens (tertiary/aromatic N) is 2. The molecule has 4 aromatic rings. The first kappa shape index (κ1) is 37.0. The molecule has 48 heavy (non-hydrogen) atoms. The Balaban J connectivity index is 1.87. The molecule has 1 N–H and O–H groups in total. The van der Waals surface area contributed by atoms with Gasteiger partial charge in [0.25, 0.3) is 10.0 Å². The first-order valence-corrected chi connectivity index (χ1v) is 17.4. The number of anilines is 1. The minimum Gasteiger partial charge on any atom is -0.350 e. The van der Waals surface area contributed by atoms with Gasteiger partial charge in [0.15, 0.2) is 0 Å². The summed E-state index contributed by atoms with van der Waals surface area (Å²) in [6.07, 6.45) is -4.83. The van der Waals surface area contributed by atoms with E-state index < -0.39 is 62.4 Å². The lowest BCUT2D eigenvalue weighted by Crippen LogP contribution is -2.56. The van der Waals surface area contributed by atoms with Crippen LogP contribution in [0, 0.1) is 0 Å². The fourth-order valence-corrected chi connectivity index (χ4v) is 6.84. The van der Waals surface area contributed by atoms with E-state index in [1.807, 2.05) is 6.07 Å². The molecule has 0 fully saturated rings. The Morgan fingerprint density at radius 3 is 2.00 bits per heavy atom. The number of alkyl halides is 3. The Morgan fingerprint density at radius 2 is 1.44 bits per heavy atom. The lowest BCUT2D eigenvalue weighted by Gasteiger charge is -2.35. The Kier molecular flexibility index (Phi) is 11.6. The molecular formula is C35H34BrClF3N3O4S. The van der Waals surface area contributed by atoms with E-state index in [0.717, 1.165) is 22.2 Å². The molecule has 0 saturated heterocycles. The second-order valence-electron chi connectivity index (χ2n) is 12.1.